The fourth-order valence-corrected chi connectivity index (χ4v) is 3.36. The molecule has 3 amide bonds. The van der Waals surface area contributed by atoms with Crippen LogP contribution in [0.25, 0.3) is 0 Å². The van der Waals surface area contributed by atoms with Gasteiger partial charge in [0.15, 0.2) is 0 Å². The highest BCUT2D eigenvalue weighted by molar-refractivity contribution is 5.97. The van der Waals surface area contributed by atoms with Crippen molar-refractivity contribution in [1.82, 2.24) is 5.32 Å². The zero-order chi connectivity index (χ0) is 20.9. The second-order valence-electron chi connectivity index (χ2n) is 7.28. The number of hydrogen-bond acceptors (Lipinski definition) is 3. The zero-order valence-corrected chi connectivity index (χ0v) is 16.7. The summed E-state index contributed by atoms with van der Waals surface area (Å²) in [6, 6.07) is 23.9. The molecular formula is C24H23N3O3. The fraction of sp³-hybridized carbons (Fsp3) is 0.167. The van der Waals surface area contributed by atoms with Gasteiger partial charge in [0.05, 0.1) is 6.04 Å². The Balaban J connectivity index is 1.30. The van der Waals surface area contributed by atoms with Crippen molar-refractivity contribution in [2.24, 2.45) is 0 Å². The van der Waals surface area contributed by atoms with Crippen molar-refractivity contribution in [3.63, 3.8) is 0 Å². The number of amides is 3. The van der Waals surface area contributed by atoms with E-state index in [4.69, 9.17) is 4.74 Å². The first-order valence-electron chi connectivity index (χ1n) is 9.84. The third kappa shape index (κ3) is 4.78. The summed E-state index contributed by atoms with van der Waals surface area (Å²) >= 11 is 0. The van der Waals surface area contributed by atoms with E-state index in [1.54, 1.807) is 29.2 Å². The molecule has 3 aromatic rings. The average molecular weight is 401 g/mol. The molecule has 30 heavy (non-hydrogen) atoms. The lowest BCUT2D eigenvalue weighted by Gasteiger charge is -2.17. The van der Waals surface area contributed by atoms with Crippen LogP contribution in [0.15, 0.2) is 78.9 Å². The molecule has 2 N–H and O–H groups in total. The minimum atomic E-state index is -0.338. The highest BCUT2D eigenvalue weighted by Gasteiger charge is 2.31. The van der Waals surface area contributed by atoms with E-state index in [1.165, 1.54) is 0 Å². The zero-order valence-electron chi connectivity index (χ0n) is 16.7. The SMILES string of the molecule is Cc1ccc(N2C[C@H](NC(=O)Nc3ccc(Oc4ccccc4)cc3)CC2=O)cc1. The maximum absolute atomic E-state index is 12.4. The normalized spacial score (nSPS) is 15.7. The second-order valence-corrected chi connectivity index (χ2v) is 7.28. The first kappa shape index (κ1) is 19.5. The molecule has 3 aromatic carbocycles. The van der Waals surface area contributed by atoms with Gasteiger partial charge in [0.2, 0.25) is 5.91 Å². The van der Waals surface area contributed by atoms with Crippen molar-refractivity contribution < 1.29 is 14.3 Å². The number of urea groups is 1. The van der Waals surface area contributed by atoms with Crippen molar-refractivity contribution in [1.29, 1.82) is 0 Å². The van der Waals surface area contributed by atoms with Gasteiger partial charge in [-0.25, -0.2) is 4.79 Å². The minimum Gasteiger partial charge on any atom is -0.457 e. The standard InChI is InChI=1S/C24H23N3O3/c1-17-7-11-20(12-8-17)27-16-19(15-23(27)28)26-24(29)25-18-9-13-22(14-10-18)30-21-5-3-2-4-6-21/h2-14,19H,15-16H2,1H3,(H2,25,26,29)/t19-/m1/s1. The lowest BCUT2D eigenvalue weighted by molar-refractivity contribution is -0.117. The van der Waals surface area contributed by atoms with Gasteiger partial charge >= 0.3 is 6.03 Å². The predicted molar refractivity (Wildman–Crippen MR) is 117 cm³/mol. The lowest BCUT2D eigenvalue weighted by Crippen LogP contribution is -2.39. The molecule has 1 aliphatic heterocycles. The molecule has 0 aromatic heterocycles. The van der Waals surface area contributed by atoms with E-state index in [0.717, 1.165) is 17.0 Å². The first-order valence-corrected chi connectivity index (χ1v) is 9.84. The summed E-state index contributed by atoms with van der Waals surface area (Å²) < 4.78 is 5.75. The Bertz CT molecular complexity index is 1020. The van der Waals surface area contributed by atoms with Crippen molar-refractivity contribution >= 4 is 23.3 Å². The molecular weight excluding hydrogens is 378 g/mol. The number of rotatable bonds is 5. The number of nitrogens with one attached hydrogen (secondary N) is 2. The van der Waals surface area contributed by atoms with E-state index in [-0.39, 0.29) is 24.4 Å². The number of carbonyl (C=O) groups is 2. The molecule has 152 valence electrons. The fourth-order valence-electron chi connectivity index (χ4n) is 3.36. The molecule has 0 spiro atoms. The topological polar surface area (TPSA) is 70.7 Å². The van der Waals surface area contributed by atoms with Crippen LogP contribution in [0.4, 0.5) is 16.2 Å². The Morgan fingerprint density at radius 3 is 2.30 bits per heavy atom. The second kappa shape index (κ2) is 8.69. The predicted octanol–water partition coefficient (Wildman–Crippen LogP) is 4.71. The maximum Gasteiger partial charge on any atom is 0.319 e. The van der Waals surface area contributed by atoms with Gasteiger partial charge < -0.3 is 20.3 Å². The molecule has 1 heterocycles. The Morgan fingerprint density at radius 2 is 1.60 bits per heavy atom. The van der Waals surface area contributed by atoms with Crippen LogP contribution in [0.1, 0.15) is 12.0 Å². The molecule has 0 radical (unpaired) electrons. The van der Waals surface area contributed by atoms with Crippen LogP contribution in [0, 0.1) is 6.92 Å². The lowest BCUT2D eigenvalue weighted by atomic mass is 10.2. The van der Waals surface area contributed by atoms with Crippen LogP contribution in [-0.2, 0) is 4.79 Å². The number of para-hydroxylation sites is 1. The molecule has 0 bridgehead atoms. The summed E-state index contributed by atoms with van der Waals surface area (Å²) in [6.07, 6.45) is 0.283. The Hall–Kier alpha value is -3.80. The number of nitrogens with zero attached hydrogens (tertiary/aromatic N) is 1. The first-order chi connectivity index (χ1) is 14.6. The number of ether oxygens (including phenoxy) is 1. The highest BCUT2D eigenvalue weighted by Crippen LogP contribution is 2.24. The highest BCUT2D eigenvalue weighted by atomic mass is 16.5. The monoisotopic (exact) mass is 401 g/mol. The van der Waals surface area contributed by atoms with Crippen LogP contribution < -0.4 is 20.3 Å². The van der Waals surface area contributed by atoms with Crippen LogP contribution in [0.5, 0.6) is 11.5 Å². The van der Waals surface area contributed by atoms with E-state index in [9.17, 15) is 9.59 Å². The van der Waals surface area contributed by atoms with Crippen molar-refractivity contribution in [3.05, 3.63) is 84.4 Å². The summed E-state index contributed by atoms with van der Waals surface area (Å²) in [5, 5.41) is 5.68. The smallest absolute Gasteiger partial charge is 0.319 e. The van der Waals surface area contributed by atoms with Crippen molar-refractivity contribution in [2.75, 3.05) is 16.8 Å². The number of hydrogen-bond donors (Lipinski definition) is 2. The quantitative estimate of drug-likeness (QED) is 0.650. The molecule has 0 aliphatic carbocycles. The van der Waals surface area contributed by atoms with Gasteiger partial charge in [-0.1, -0.05) is 35.9 Å². The summed E-state index contributed by atoms with van der Waals surface area (Å²) in [6.45, 7) is 2.46. The summed E-state index contributed by atoms with van der Waals surface area (Å²) in [7, 11) is 0. The van der Waals surface area contributed by atoms with Crippen molar-refractivity contribution in [3.8, 4) is 11.5 Å². The van der Waals surface area contributed by atoms with Gasteiger partial charge in [-0.05, 0) is 55.5 Å². The maximum atomic E-state index is 12.4. The summed E-state index contributed by atoms with van der Waals surface area (Å²) in [5.74, 6) is 1.44. The molecule has 0 saturated carbocycles. The third-order valence-corrected chi connectivity index (χ3v) is 4.90. The van der Waals surface area contributed by atoms with E-state index in [0.29, 0.717) is 18.0 Å². The minimum absolute atomic E-state index is 0.00608. The van der Waals surface area contributed by atoms with Crippen LogP contribution >= 0.6 is 0 Å². The number of aryl methyl sites for hydroxylation is 1. The number of anilines is 2. The molecule has 4 rings (SSSR count). The van der Waals surface area contributed by atoms with Crippen LogP contribution in [-0.4, -0.2) is 24.5 Å². The van der Waals surface area contributed by atoms with Crippen molar-refractivity contribution in [2.45, 2.75) is 19.4 Å². The molecule has 0 unspecified atom stereocenters. The van der Waals surface area contributed by atoms with Gasteiger partial charge in [-0.2, -0.15) is 0 Å². The number of benzene rings is 3. The van der Waals surface area contributed by atoms with E-state index >= 15 is 0 Å². The molecule has 1 atom stereocenters. The summed E-state index contributed by atoms with van der Waals surface area (Å²) in [5.41, 5.74) is 2.64. The molecule has 1 aliphatic rings. The molecule has 6 nitrogen and oxygen atoms in total. The Labute approximate surface area is 175 Å². The molecule has 6 heteroatoms. The molecule has 1 saturated heterocycles. The van der Waals surface area contributed by atoms with Gasteiger partial charge in [-0.3, -0.25) is 4.79 Å². The van der Waals surface area contributed by atoms with E-state index < -0.39 is 0 Å². The average Bonchev–Trinajstić information content (AvgIpc) is 3.10. The molecule has 1 fully saturated rings. The Kier molecular flexibility index (Phi) is 5.66. The van der Waals surface area contributed by atoms with Gasteiger partial charge in [0, 0.05) is 24.3 Å². The van der Waals surface area contributed by atoms with Gasteiger partial charge in [-0.15, -0.1) is 0 Å². The van der Waals surface area contributed by atoms with Crippen LogP contribution in [0.3, 0.4) is 0 Å². The number of carbonyl (C=O) groups excluding carboxylic acids is 2. The third-order valence-electron chi connectivity index (χ3n) is 4.90. The van der Waals surface area contributed by atoms with Crippen LogP contribution in [0.2, 0.25) is 0 Å². The largest absolute Gasteiger partial charge is 0.457 e. The summed E-state index contributed by atoms with van der Waals surface area (Å²) in [4.78, 5) is 26.4. The van der Waals surface area contributed by atoms with E-state index in [1.807, 2.05) is 61.5 Å². The van der Waals surface area contributed by atoms with Gasteiger partial charge in [0.1, 0.15) is 11.5 Å². The Morgan fingerprint density at radius 1 is 0.933 bits per heavy atom. The van der Waals surface area contributed by atoms with E-state index in [2.05, 4.69) is 10.6 Å². The van der Waals surface area contributed by atoms with Gasteiger partial charge in [0.25, 0.3) is 0 Å².